The standard InChI is InChI=1S/C6H9N.H3N/c1-7-5-3-2-4-6-7;/h2-5H,6H2,1H3;1H3. The van der Waals surface area contributed by atoms with Gasteiger partial charge in [0.15, 0.2) is 0 Å². The van der Waals surface area contributed by atoms with E-state index in [2.05, 4.69) is 30.3 Å². The van der Waals surface area contributed by atoms with Gasteiger partial charge in [-0.15, -0.1) is 0 Å². The second-order valence-electron chi connectivity index (χ2n) is 1.71. The van der Waals surface area contributed by atoms with Crippen LogP contribution in [-0.4, -0.2) is 18.5 Å². The molecule has 0 atom stereocenters. The Bertz CT molecular complexity index is 105. The number of hydrogen-bond acceptors (Lipinski definition) is 2. The van der Waals surface area contributed by atoms with Crippen LogP contribution in [0.25, 0.3) is 0 Å². The third kappa shape index (κ3) is 1.80. The van der Waals surface area contributed by atoms with Gasteiger partial charge >= 0.3 is 0 Å². The summed E-state index contributed by atoms with van der Waals surface area (Å²) in [4.78, 5) is 2.12. The molecular formula is C6H12N2. The molecule has 2 nitrogen and oxygen atoms in total. The summed E-state index contributed by atoms with van der Waals surface area (Å²) in [5, 5.41) is 0. The first-order valence-electron chi connectivity index (χ1n) is 2.43. The lowest BCUT2D eigenvalue weighted by Crippen LogP contribution is -2.11. The van der Waals surface area contributed by atoms with Crippen molar-refractivity contribution in [2.24, 2.45) is 0 Å². The smallest absolute Gasteiger partial charge is 0.0353 e. The molecule has 0 unspecified atom stereocenters. The van der Waals surface area contributed by atoms with E-state index in [1.807, 2.05) is 6.08 Å². The summed E-state index contributed by atoms with van der Waals surface area (Å²) in [5.74, 6) is 0. The van der Waals surface area contributed by atoms with E-state index in [9.17, 15) is 0 Å². The van der Waals surface area contributed by atoms with E-state index in [-0.39, 0.29) is 6.15 Å². The fourth-order valence-electron chi connectivity index (χ4n) is 0.563. The van der Waals surface area contributed by atoms with Crippen LogP contribution in [-0.2, 0) is 0 Å². The van der Waals surface area contributed by atoms with Gasteiger partial charge in [-0.2, -0.15) is 0 Å². The molecule has 46 valence electrons. The summed E-state index contributed by atoms with van der Waals surface area (Å²) in [7, 11) is 2.06. The lowest BCUT2D eigenvalue weighted by Gasteiger charge is -2.11. The molecule has 0 saturated carbocycles. The van der Waals surface area contributed by atoms with Crippen LogP contribution in [0.4, 0.5) is 0 Å². The number of rotatable bonds is 0. The highest BCUT2D eigenvalue weighted by atomic mass is 15.1. The summed E-state index contributed by atoms with van der Waals surface area (Å²) in [6.45, 7) is 1.05. The first-order valence-corrected chi connectivity index (χ1v) is 2.43. The van der Waals surface area contributed by atoms with Crippen molar-refractivity contribution in [1.29, 1.82) is 0 Å². The Morgan fingerprint density at radius 2 is 2.12 bits per heavy atom. The lowest BCUT2D eigenvalue weighted by atomic mass is 10.4. The van der Waals surface area contributed by atoms with E-state index in [0.717, 1.165) is 6.54 Å². The zero-order valence-corrected chi connectivity index (χ0v) is 5.17. The molecule has 0 radical (unpaired) electrons. The molecule has 1 heterocycles. The van der Waals surface area contributed by atoms with E-state index in [4.69, 9.17) is 0 Å². The Balaban J connectivity index is 0.000000490. The van der Waals surface area contributed by atoms with Crippen LogP contribution in [0, 0.1) is 0 Å². The van der Waals surface area contributed by atoms with Crippen molar-refractivity contribution in [2.45, 2.75) is 0 Å². The second-order valence-corrected chi connectivity index (χ2v) is 1.71. The normalized spacial score (nSPS) is 15.9. The summed E-state index contributed by atoms with van der Waals surface area (Å²) < 4.78 is 0. The number of allylic oxidation sites excluding steroid dienone is 2. The maximum absolute atomic E-state index is 2.12. The zero-order chi connectivity index (χ0) is 5.11. The van der Waals surface area contributed by atoms with Gasteiger partial charge in [-0.05, 0) is 12.3 Å². The molecule has 1 aliphatic heterocycles. The first kappa shape index (κ1) is 7.24. The molecule has 0 bridgehead atoms. The molecule has 1 aliphatic rings. The van der Waals surface area contributed by atoms with Gasteiger partial charge in [-0.25, -0.2) is 0 Å². The number of likely N-dealkylation sites (N-methyl/N-ethyl adjacent to an activating group) is 1. The van der Waals surface area contributed by atoms with Crippen molar-refractivity contribution in [3.8, 4) is 0 Å². The Morgan fingerprint density at radius 1 is 1.38 bits per heavy atom. The minimum Gasteiger partial charge on any atom is -0.377 e. The third-order valence-corrected chi connectivity index (χ3v) is 0.981. The van der Waals surface area contributed by atoms with Gasteiger partial charge in [-0.1, -0.05) is 12.2 Å². The van der Waals surface area contributed by atoms with E-state index in [1.165, 1.54) is 0 Å². The molecule has 0 aromatic carbocycles. The molecule has 0 saturated heterocycles. The largest absolute Gasteiger partial charge is 0.377 e. The Morgan fingerprint density at radius 3 is 2.38 bits per heavy atom. The fourth-order valence-corrected chi connectivity index (χ4v) is 0.563. The lowest BCUT2D eigenvalue weighted by molar-refractivity contribution is 0.505. The van der Waals surface area contributed by atoms with Crippen LogP contribution in [0.2, 0.25) is 0 Å². The molecule has 0 spiro atoms. The third-order valence-electron chi connectivity index (χ3n) is 0.981. The average molecular weight is 112 g/mol. The molecule has 0 aromatic rings. The van der Waals surface area contributed by atoms with E-state index >= 15 is 0 Å². The molecule has 0 aromatic heterocycles. The Labute approximate surface area is 50.1 Å². The predicted octanol–water partition coefficient (Wildman–Crippen LogP) is 1.16. The van der Waals surface area contributed by atoms with Gasteiger partial charge in [0.05, 0.1) is 0 Å². The summed E-state index contributed by atoms with van der Waals surface area (Å²) in [6, 6.07) is 0. The summed E-state index contributed by atoms with van der Waals surface area (Å²) in [5.41, 5.74) is 0. The van der Waals surface area contributed by atoms with Crippen molar-refractivity contribution in [3.05, 3.63) is 24.4 Å². The Kier molecular flexibility index (Phi) is 2.96. The van der Waals surface area contributed by atoms with Crippen molar-refractivity contribution in [1.82, 2.24) is 11.1 Å². The minimum atomic E-state index is 0. The molecule has 2 heteroatoms. The van der Waals surface area contributed by atoms with Gasteiger partial charge in [0.1, 0.15) is 0 Å². The van der Waals surface area contributed by atoms with Gasteiger partial charge in [-0.3, -0.25) is 0 Å². The van der Waals surface area contributed by atoms with Gasteiger partial charge < -0.3 is 11.1 Å². The van der Waals surface area contributed by atoms with Crippen molar-refractivity contribution < 1.29 is 0 Å². The number of nitrogens with zero attached hydrogens (tertiary/aromatic N) is 1. The van der Waals surface area contributed by atoms with Gasteiger partial charge in [0, 0.05) is 13.6 Å². The first-order chi connectivity index (χ1) is 3.39. The summed E-state index contributed by atoms with van der Waals surface area (Å²) in [6.07, 6.45) is 8.27. The van der Waals surface area contributed by atoms with Gasteiger partial charge in [0.25, 0.3) is 0 Å². The molecule has 0 amide bonds. The zero-order valence-electron chi connectivity index (χ0n) is 5.17. The molecule has 0 fully saturated rings. The van der Waals surface area contributed by atoms with Crippen molar-refractivity contribution in [3.63, 3.8) is 0 Å². The van der Waals surface area contributed by atoms with Crippen LogP contribution in [0.3, 0.4) is 0 Å². The maximum atomic E-state index is 2.12. The maximum Gasteiger partial charge on any atom is 0.0353 e. The quantitative estimate of drug-likeness (QED) is 0.510. The highest BCUT2D eigenvalue weighted by molar-refractivity contribution is 5.07. The van der Waals surface area contributed by atoms with Gasteiger partial charge in [0.2, 0.25) is 0 Å². The summed E-state index contributed by atoms with van der Waals surface area (Å²) >= 11 is 0. The predicted molar refractivity (Wildman–Crippen MR) is 35.9 cm³/mol. The average Bonchev–Trinajstić information content (AvgIpc) is 1.69. The molecule has 0 aliphatic carbocycles. The van der Waals surface area contributed by atoms with E-state index in [1.54, 1.807) is 0 Å². The van der Waals surface area contributed by atoms with Crippen LogP contribution >= 0.6 is 0 Å². The topological polar surface area (TPSA) is 38.2 Å². The molecular weight excluding hydrogens is 100 g/mol. The van der Waals surface area contributed by atoms with Crippen LogP contribution in [0.15, 0.2) is 24.4 Å². The second kappa shape index (κ2) is 3.27. The number of hydrogen-bond donors (Lipinski definition) is 1. The van der Waals surface area contributed by atoms with Crippen LogP contribution < -0.4 is 6.15 Å². The Hall–Kier alpha value is -0.760. The highest BCUT2D eigenvalue weighted by Crippen LogP contribution is 1.91. The van der Waals surface area contributed by atoms with Crippen molar-refractivity contribution in [2.75, 3.05) is 13.6 Å². The minimum absolute atomic E-state index is 0. The SMILES string of the molecule is CN1C=CC=CC1.N. The van der Waals surface area contributed by atoms with Crippen LogP contribution in [0.1, 0.15) is 0 Å². The highest BCUT2D eigenvalue weighted by Gasteiger charge is 1.86. The molecule has 3 N–H and O–H groups in total. The fraction of sp³-hybridized carbons (Fsp3) is 0.333. The van der Waals surface area contributed by atoms with E-state index in [0.29, 0.717) is 0 Å². The monoisotopic (exact) mass is 112 g/mol. The molecule has 1 rings (SSSR count). The van der Waals surface area contributed by atoms with E-state index < -0.39 is 0 Å². The van der Waals surface area contributed by atoms with Crippen LogP contribution in [0.5, 0.6) is 0 Å². The molecule has 8 heavy (non-hydrogen) atoms. The van der Waals surface area contributed by atoms with Crippen molar-refractivity contribution >= 4 is 0 Å².